The molecule has 1 amide bonds. The largest absolute Gasteiger partial charge is 0.495 e. The number of aromatic nitrogens is 2. The lowest BCUT2D eigenvalue weighted by molar-refractivity contribution is -0.116. The van der Waals surface area contributed by atoms with Gasteiger partial charge in [0.05, 0.1) is 12.8 Å². The molecule has 0 unspecified atom stereocenters. The summed E-state index contributed by atoms with van der Waals surface area (Å²) in [5, 5.41) is 7.77. The van der Waals surface area contributed by atoms with Crippen molar-refractivity contribution in [2.75, 3.05) is 12.4 Å². The van der Waals surface area contributed by atoms with Crippen molar-refractivity contribution in [3.63, 3.8) is 0 Å². The molecule has 0 aliphatic heterocycles. The Bertz CT molecular complexity index is 928. The summed E-state index contributed by atoms with van der Waals surface area (Å²) in [4.78, 5) is 16.5. The second-order valence-electron chi connectivity index (χ2n) is 5.41. The van der Waals surface area contributed by atoms with Crippen LogP contribution in [0.25, 0.3) is 11.4 Å². The van der Waals surface area contributed by atoms with Crippen molar-refractivity contribution in [3.05, 3.63) is 58.4 Å². The van der Waals surface area contributed by atoms with Crippen LogP contribution in [0.15, 0.2) is 47.0 Å². The van der Waals surface area contributed by atoms with E-state index in [-0.39, 0.29) is 12.3 Å². The van der Waals surface area contributed by atoms with Gasteiger partial charge in [-0.25, -0.2) is 0 Å². The number of carbonyl (C=O) groups excluding carboxylic acids is 1. The highest BCUT2D eigenvalue weighted by Gasteiger charge is 2.13. The lowest BCUT2D eigenvalue weighted by Crippen LogP contribution is -2.13. The molecule has 6 nitrogen and oxygen atoms in total. The van der Waals surface area contributed by atoms with Crippen molar-refractivity contribution in [1.29, 1.82) is 0 Å². The van der Waals surface area contributed by atoms with Crippen molar-refractivity contribution in [2.24, 2.45) is 0 Å². The van der Waals surface area contributed by atoms with Gasteiger partial charge < -0.3 is 14.6 Å². The molecule has 0 aliphatic rings. The molecule has 1 aromatic heterocycles. The van der Waals surface area contributed by atoms with E-state index in [1.807, 2.05) is 6.07 Å². The van der Waals surface area contributed by atoms with Gasteiger partial charge in [-0.2, -0.15) is 4.98 Å². The Morgan fingerprint density at radius 3 is 2.77 bits per heavy atom. The number of hydrogen-bond acceptors (Lipinski definition) is 5. The summed E-state index contributed by atoms with van der Waals surface area (Å²) >= 11 is 11.9. The van der Waals surface area contributed by atoms with Crippen LogP contribution < -0.4 is 10.1 Å². The Kier molecular flexibility index (Phi) is 5.75. The predicted molar refractivity (Wildman–Crippen MR) is 99.7 cm³/mol. The SMILES string of the molecule is COc1ccc(Cl)cc1NC(=O)CCc1nc(-c2cccc(Cl)c2)no1. The Morgan fingerprint density at radius 1 is 1.19 bits per heavy atom. The zero-order valence-electron chi connectivity index (χ0n) is 13.8. The van der Waals surface area contributed by atoms with E-state index in [0.29, 0.717) is 39.6 Å². The van der Waals surface area contributed by atoms with Crippen LogP contribution in [0.3, 0.4) is 0 Å². The number of nitrogens with zero attached hydrogens (tertiary/aromatic N) is 2. The summed E-state index contributed by atoms with van der Waals surface area (Å²) in [6.07, 6.45) is 0.481. The van der Waals surface area contributed by atoms with E-state index in [4.69, 9.17) is 32.5 Å². The van der Waals surface area contributed by atoms with Gasteiger partial charge in [0.1, 0.15) is 5.75 Å². The molecule has 0 saturated carbocycles. The summed E-state index contributed by atoms with van der Waals surface area (Å²) in [5.74, 6) is 1.12. The fraction of sp³-hybridized carbons (Fsp3) is 0.167. The Morgan fingerprint density at radius 2 is 2.00 bits per heavy atom. The predicted octanol–water partition coefficient (Wildman–Crippen LogP) is 4.62. The normalized spacial score (nSPS) is 10.6. The summed E-state index contributed by atoms with van der Waals surface area (Å²) in [5.41, 5.74) is 1.26. The Balaban J connectivity index is 1.61. The van der Waals surface area contributed by atoms with Gasteiger partial charge in [-0.15, -0.1) is 0 Å². The minimum Gasteiger partial charge on any atom is -0.495 e. The lowest BCUT2D eigenvalue weighted by atomic mass is 10.2. The van der Waals surface area contributed by atoms with Gasteiger partial charge in [-0.3, -0.25) is 4.79 Å². The van der Waals surface area contributed by atoms with Gasteiger partial charge in [-0.1, -0.05) is 40.5 Å². The van der Waals surface area contributed by atoms with Crippen molar-refractivity contribution in [1.82, 2.24) is 10.1 Å². The van der Waals surface area contributed by atoms with Crippen LogP contribution in [-0.4, -0.2) is 23.2 Å². The van der Waals surface area contributed by atoms with E-state index in [2.05, 4.69) is 15.5 Å². The second kappa shape index (κ2) is 8.21. The van der Waals surface area contributed by atoms with Crippen molar-refractivity contribution < 1.29 is 14.1 Å². The van der Waals surface area contributed by atoms with E-state index in [1.165, 1.54) is 7.11 Å². The first-order chi connectivity index (χ1) is 12.5. The minimum absolute atomic E-state index is 0.173. The molecule has 3 aromatic rings. The summed E-state index contributed by atoms with van der Waals surface area (Å²) < 4.78 is 10.4. The molecular formula is C18H15Cl2N3O3. The molecule has 0 fully saturated rings. The molecule has 8 heteroatoms. The number of anilines is 1. The van der Waals surface area contributed by atoms with Gasteiger partial charge >= 0.3 is 0 Å². The Labute approximate surface area is 160 Å². The second-order valence-corrected chi connectivity index (χ2v) is 6.29. The van der Waals surface area contributed by atoms with E-state index < -0.39 is 0 Å². The molecule has 26 heavy (non-hydrogen) atoms. The number of hydrogen-bond donors (Lipinski definition) is 1. The third-order valence-corrected chi connectivity index (χ3v) is 4.02. The fourth-order valence-electron chi connectivity index (χ4n) is 2.31. The highest BCUT2D eigenvalue weighted by Crippen LogP contribution is 2.28. The van der Waals surface area contributed by atoms with Gasteiger partial charge in [0.2, 0.25) is 17.6 Å². The number of aryl methyl sites for hydroxylation is 1. The minimum atomic E-state index is -0.215. The van der Waals surface area contributed by atoms with Gasteiger partial charge in [0.15, 0.2) is 0 Å². The number of nitrogens with one attached hydrogen (secondary N) is 1. The zero-order chi connectivity index (χ0) is 18.5. The molecule has 0 aliphatic carbocycles. The summed E-state index contributed by atoms with van der Waals surface area (Å²) in [6, 6.07) is 12.1. The van der Waals surface area contributed by atoms with E-state index >= 15 is 0 Å². The number of ether oxygens (including phenoxy) is 1. The maximum absolute atomic E-state index is 12.2. The van der Waals surface area contributed by atoms with Crippen molar-refractivity contribution >= 4 is 34.8 Å². The average molecular weight is 392 g/mol. The Hall–Kier alpha value is -2.57. The number of halogens is 2. The van der Waals surface area contributed by atoms with Crippen LogP contribution in [0, 0.1) is 0 Å². The van der Waals surface area contributed by atoms with Crippen LogP contribution in [0.2, 0.25) is 10.0 Å². The van der Waals surface area contributed by atoms with Crippen LogP contribution in [0.1, 0.15) is 12.3 Å². The monoisotopic (exact) mass is 391 g/mol. The molecule has 1 N–H and O–H groups in total. The van der Waals surface area contributed by atoms with Crippen LogP contribution in [0.4, 0.5) is 5.69 Å². The topological polar surface area (TPSA) is 77.2 Å². The summed E-state index contributed by atoms with van der Waals surface area (Å²) in [7, 11) is 1.52. The molecule has 2 aromatic carbocycles. The van der Waals surface area contributed by atoms with E-state index in [9.17, 15) is 4.79 Å². The lowest BCUT2D eigenvalue weighted by Gasteiger charge is -2.10. The quantitative estimate of drug-likeness (QED) is 0.662. The number of amides is 1. The number of methoxy groups -OCH3 is 1. The standard InChI is InChI=1S/C18H15Cl2N3O3/c1-25-15-6-5-13(20)10-14(15)21-16(24)7-8-17-22-18(23-26-17)11-3-2-4-12(19)9-11/h2-6,9-10H,7-8H2,1H3,(H,21,24). The zero-order valence-corrected chi connectivity index (χ0v) is 15.3. The van der Waals surface area contributed by atoms with Gasteiger partial charge in [-0.05, 0) is 30.3 Å². The highest BCUT2D eigenvalue weighted by atomic mass is 35.5. The van der Waals surface area contributed by atoms with Crippen molar-refractivity contribution in [2.45, 2.75) is 12.8 Å². The number of benzene rings is 2. The van der Waals surface area contributed by atoms with Crippen LogP contribution in [-0.2, 0) is 11.2 Å². The highest BCUT2D eigenvalue weighted by molar-refractivity contribution is 6.31. The van der Waals surface area contributed by atoms with Gasteiger partial charge in [0, 0.05) is 28.5 Å². The van der Waals surface area contributed by atoms with E-state index in [1.54, 1.807) is 36.4 Å². The van der Waals surface area contributed by atoms with E-state index in [0.717, 1.165) is 5.56 Å². The van der Waals surface area contributed by atoms with Crippen molar-refractivity contribution in [3.8, 4) is 17.1 Å². The molecule has 0 atom stereocenters. The number of rotatable bonds is 6. The third kappa shape index (κ3) is 4.53. The molecule has 0 saturated heterocycles. The molecule has 0 radical (unpaired) electrons. The number of carbonyl (C=O) groups is 1. The molecule has 0 bridgehead atoms. The first-order valence-electron chi connectivity index (χ1n) is 7.77. The fourth-order valence-corrected chi connectivity index (χ4v) is 2.67. The first kappa shape index (κ1) is 18.2. The summed E-state index contributed by atoms with van der Waals surface area (Å²) in [6.45, 7) is 0. The molecule has 134 valence electrons. The van der Waals surface area contributed by atoms with Crippen LogP contribution in [0.5, 0.6) is 5.75 Å². The molecule has 3 rings (SSSR count). The molecular weight excluding hydrogens is 377 g/mol. The third-order valence-electron chi connectivity index (χ3n) is 3.55. The maximum Gasteiger partial charge on any atom is 0.227 e. The van der Waals surface area contributed by atoms with Crippen LogP contribution >= 0.6 is 23.2 Å². The van der Waals surface area contributed by atoms with Gasteiger partial charge in [0.25, 0.3) is 0 Å². The maximum atomic E-state index is 12.2. The first-order valence-corrected chi connectivity index (χ1v) is 8.52. The molecule has 1 heterocycles. The molecule has 0 spiro atoms. The average Bonchev–Trinajstić information content (AvgIpc) is 3.09. The smallest absolute Gasteiger partial charge is 0.227 e.